The van der Waals surface area contributed by atoms with E-state index in [1.165, 1.54) is 32.1 Å². The molecule has 0 aromatic carbocycles. The smallest absolute Gasteiger partial charge is 0.330 e. The van der Waals surface area contributed by atoms with Gasteiger partial charge in [0, 0.05) is 5.57 Å². The first-order chi connectivity index (χ1) is 15.3. The van der Waals surface area contributed by atoms with Crippen LogP contribution in [0.25, 0.3) is 0 Å². The number of aliphatic carboxylic acids is 1. The Hall–Kier alpha value is -1.09. The highest BCUT2D eigenvalue weighted by atomic mass is 16.4. The number of allylic oxidation sites excluding steroid dienone is 3. The maximum absolute atomic E-state index is 11.1. The third-order valence-corrected chi connectivity index (χ3v) is 12.0. The highest BCUT2D eigenvalue weighted by Gasteiger charge is 2.65. The van der Waals surface area contributed by atoms with Crippen molar-refractivity contribution < 1.29 is 15.0 Å². The molecule has 4 rings (SSSR count). The van der Waals surface area contributed by atoms with Crippen LogP contribution in [-0.4, -0.2) is 22.3 Å². The van der Waals surface area contributed by atoms with Gasteiger partial charge < -0.3 is 10.2 Å². The molecule has 4 aliphatic carbocycles. The topological polar surface area (TPSA) is 57.5 Å². The van der Waals surface area contributed by atoms with Gasteiger partial charge in [0.1, 0.15) is 0 Å². The third kappa shape index (κ3) is 3.58. The van der Waals surface area contributed by atoms with Gasteiger partial charge in [0.25, 0.3) is 0 Å². The molecule has 8 atom stereocenters. The average molecular weight is 457 g/mol. The van der Waals surface area contributed by atoms with Crippen LogP contribution in [0, 0.1) is 45.3 Å². The van der Waals surface area contributed by atoms with Crippen LogP contribution in [0.3, 0.4) is 0 Å². The fraction of sp³-hybridized carbons (Fsp3) is 0.833. The molecule has 0 aromatic rings. The molecule has 3 fully saturated rings. The zero-order chi connectivity index (χ0) is 24.4. The maximum Gasteiger partial charge on any atom is 0.330 e. The zero-order valence-electron chi connectivity index (χ0n) is 22.2. The minimum atomic E-state index is -0.796. The Morgan fingerprint density at radius 1 is 1.09 bits per heavy atom. The first-order valence-electron chi connectivity index (χ1n) is 13.6. The van der Waals surface area contributed by atoms with Gasteiger partial charge in [-0.1, -0.05) is 59.3 Å². The predicted octanol–water partition coefficient (Wildman–Crippen LogP) is 7.40. The fourth-order valence-corrected chi connectivity index (χ4v) is 9.52. The van der Waals surface area contributed by atoms with E-state index >= 15 is 0 Å². The van der Waals surface area contributed by atoms with Crippen LogP contribution < -0.4 is 0 Å². The Balaban J connectivity index is 1.59. The molecule has 0 bridgehead atoms. The van der Waals surface area contributed by atoms with Crippen molar-refractivity contribution in [3.8, 4) is 0 Å². The van der Waals surface area contributed by atoms with E-state index in [2.05, 4.69) is 47.6 Å². The number of carbonyl (C=O) groups is 1. The summed E-state index contributed by atoms with van der Waals surface area (Å²) in [5.41, 5.74) is 3.11. The fourth-order valence-electron chi connectivity index (χ4n) is 9.52. The van der Waals surface area contributed by atoms with Gasteiger partial charge in [-0.25, -0.2) is 4.79 Å². The summed E-state index contributed by atoms with van der Waals surface area (Å²) in [5, 5.41) is 20.0. The van der Waals surface area contributed by atoms with Crippen molar-refractivity contribution in [3.63, 3.8) is 0 Å². The predicted molar refractivity (Wildman–Crippen MR) is 135 cm³/mol. The number of carboxylic acids is 1. The third-order valence-electron chi connectivity index (χ3n) is 12.0. The number of hydrogen-bond acceptors (Lipinski definition) is 2. The second-order valence-corrected chi connectivity index (χ2v) is 13.6. The summed E-state index contributed by atoms with van der Waals surface area (Å²) in [7, 11) is 0. The first-order valence-corrected chi connectivity index (χ1v) is 13.6. The van der Waals surface area contributed by atoms with Crippen molar-refractivity contribution in [2.45, 2.75) is 112 Å². The average Bonchev–Trinajstić information content (AvgIpc) is 3.02. The molecule has 0 spiro atoms. The Morgan fingerprint density at radius 3 is 2.45 bits per heavy atom. The summed E-state index contributed by atoms with van der Waals surface area (Å²) >= 11 is 0. The standard InChI is InChI=1S/C30H48O3/c1-19(9-8-10-20(2)26(32)33)21-13-17-30(7)23-11-12-24-27(3,4)25(31)15-16-28(24,5)22(23)14-18-29(21,30)6/h10,14,19,21,23-25,31H,8-9,11-13,15-18H2,1-7H3,(H,32,33)/b20-10+/t19-,21-,23-,24+,25+,28-,29-,30+/m1/s1. The minimum Gasteiger partial charge on any atom is -0.478 e. The zero-order valence-corrected chi connectivity index (χ0v) is 22.2. The maximum atomic E-state index is 11.1. The molecule has 0 amide bonds. The molecule has 0 saturated heterocycles. The Bertz CT molecular complexity index is 853. The number of aliphatic hydroxyl groups is 1. The Morgan fingerprint density at radius 2 is 1.79 bits per heavy atom. The van der Waals surface area contributed by atoms with E-state index in [0.29, 0.717) is 40.1 Å². The first kappa shape index (κ1) is 25.0. The Kier molecular flexibility index (Phi) is 6.25. The molecular formula is C30H48O3. The quantitative estimate of drug-likeness (QED) is 0.335. The van der Waals surface area contributed by atoms with Crippen LogP contribution >= 0.6 is 0 Å². The second-order valence-electron chi connectivity index (χ2n) is 13.6. The molecule has 3 heteroatoms. The van der Waals surface area contributed by atoms with Crippen molar-refractivity contribution in [2.24, 2.45) is 45.3 Å². The van der Waals surface area contributed by atoms with Gasteiger partial charge in [-0.05, 0) is 110 Å². The van der Waals surface area contributed by atoms with E-state index in [1.54, 1.807) is 12.5 Å². The van der Waals surface area contributed by atoms with Crippen LogP contribution in [0.5, 0.6) is 0 Å². The van der Waals surface area contributed by atoms with Gasteiger partial charge in [0.05, 0.1) is 6.10 Å². The van der Waals surface area contributed by atoms with Gasteiger partial charge >= 0.3 is 5.97 Å². The van der Waals surface area contributed by atoms with Gasteiger partial charge in [-0.15, -0.1) is 0 Å². The van der Waals surface area contributed by atoms with E-state index in [1.807, 2.05) is 6.08 Å². The van der Waals surface area contributed by atoms with E-state index < -0.39 is 5.97 Å². The SMILES string of the molecule is C/C(=C\CC[C@@H](C)[C@H]1CC[C@@]2(C)[C@@H]3CC[C@H]4C(C)(C)[C@@H](O)CC[C@]4(C)C3=CC[C@]12C)C(=O)O. The normalized spacial score (nSPS) is 45.5. The lowest BCUT2D eigenvalue weighted by Gasteiger charge is -2.64. The summed E-state index contributed by atoms with van der Waals surface area (Å²) in [6.07, 6.45) is 14.7. The highest BCUT2D eigenvalue weighted by Crippen LogP contribution is 2.73. The van der Waals surface area contributed by atoms with Crippen molar-refractivity contribution >= 4 is 5.97 Å². The van der Waals surface area contributed by atoms with Crippen LogP contribution in [0.1, 0.15) is 106 Å². The van der Waals surface area contributed by atoms with E-state index in [-0.39, 0.29) is 16.9 Å². The van der Waals surface area contributed by atoms with Crippen molar-refractivity contribution in [1.82, 2.24) is 0 Å². The number of rotatable bonds is 5. The van der Waals surface area contributed by atoms with Gasteiger partial charge in [0.15, 0.2) is 0 Å². The van der Waals surface area contributed by atoms with Crippen LogP contribution in [0.2, 0.25) is 0 Å². The molecule has 0 unspecified atom stereocenters. The molecule has 0 radical (unpaired) electrons. The Labute approximate surface area is 202 Å². The molecule has 2 N–H and O–H groups in total. The van der Waals surface area contributed by atoms with Crippen LogP contribution in [0.4, 0.5) is 0 Å². The van der Waals surface area contributed by atoms with E-state index in [9.17, 15) is 9.90 Å². The lowest BCUT2D eigenvalue weighted by molar-refractivity contribution is -0.132. The number of aliphatic hydroxyl groups excluding tert-OH is 1. The summed E-state index contributed by atoms with van der Waals surface area (Å²) in [6.45, 7) is 16.5. The molecule has 33 heavy (non-hydrogen) atoms. The molecule has 4 aliphatic rings. The molecule has 0 heterocycles. The van der Waals surface area contributed by atoms with Gasteiger partial charge in [-0.3, -0.25) is 0 Å². The summed E-state index contributed by atoms with van der Waals surface area (Å²) < 4.78 is 0. The summed E-state index contributed by atoms with van der Waals surface area (Å²) in [6, 6.07) is 0. The molecule has 3 saturated carbocycles. The lowest BCUT2D eigenvalue weighted by Crippen LogP contribution is -2.57. The van der Waals surface area contributed by atoms with Crippen molar-refractivity contribution in [1.29, 1.82) is 0 Å². The summed E-state index contributed by atoms with van der Waals surface area (Å²) in [4.78, 5) is 11.1. The second kappa shape index (κ2) is 8.25. The van der Waals surface area contributed by atoms with Crippen LogP contribution in [0.15, 0.2) is 23.3 Å². The number of hydrogen-bond donors (Lipinski definition) is 2. The monoisotopic (exact) mass is 456 g/mol. The van der Waals surface area contributed by atoms with Crippen molar-refractivity contribution in [3.05, 3.63) is 23.3 Å². The molecule has 0 aliphatic heterocycles. The number of fused-ring (bicyclic) bond motifs is 5. The lowest BCUT2D eigenvalue weighted by atomic mass is 9.41. The largest absolute Gasteiger partial charge is 0.478 e. The number of carboxylic acid groups (broad SMARTS) is 1. The van der Waals surface area contributed by atoms with E-state index in [0.717, 1.165) is 25.7 Å². The van der Waals surface area contributed by atoms with Crippen molar-refractivity contribution in [2.75, 3.05) is 0 Å². The molecule has 186 valence electrons. The molecule has 3 nitrogen and oxygen atoms in total. The highest BCUT2D eigenvalue weighted by molar-refractivity contribution is 5.85. The van der Waals surface area contributed by atoms with E-state index in [4.69, 9.17) is 5.11 Å². The van der Waals surface area contributed by atoms with Crippen LogP contribution in [-0.2, 0) is 4.79 Å². The van der Waals surface area contributed by atoms with Gasteiger partial charge in [-0.2, -0.15) is 0 Å². The summed E-state index contributed by atoms with van der Waals surface area (Å²) in [5.74, 6) is 1.77. The van der Waals surface area contributed by atoms with Gasteiger partial charge in [0.2, 0.25) is 0 Å². The molecular weight excluding hydrogens is 408 g/mol. The molecule has 0 aromatic heterocycles. The minimum absolute atomic E-state index is 0.00517.